The van der Waals surface area contributed by atoms with Crippen LogP contribution in [0.2, 0.25) is 0 Å². The van der Waals surface area contributed by atoms with Crippen molar-refractivity contribution < 1.29 is 17.6 Å². The van der Waals surface area contributed by atoms with Gasteiger partial charge >= 0.3 is 0 Å². The predicted molar refractivity (Wildman–Crippen MR) is 56.4 cm³/mol. The summed E-state index contributed by atoms with van der Waals surface area (Å²) < 4.78 is 52.7. The van der Waals surface area contributed by atoms with Crippen molar-refractivity contribution in [1.82, 2.24) is 0 Å². The number of nitriles is 1. The molecule has 90 valence electrons. The quantitative estimate of drug-likeness (QED) is 0.559. The third kappa shape index (κ3) is 1.93. The van der Waals surface area contributed by atoms with Crippen LogP contribution in [0.1, 0.15) is 5.56 Å². The second-order valence-corrected chi connectivity index (χ2v) is 3.52. The molecule has 0 aromatic heterocycles. The van der Waals surface area contributed by atoms with Crippen molar-refractivity contribution >= 4 is 0 Å². The van der Waals surface area contributed by atoms with Crippen LogP contribution in [0.25, 0.3) is 11.1 Å². The zero-order valence-corrected chi connectivity index (χ0v) is 8.85. The average molecular weight is 251 g/mol. The highest BCUT2D eigenvalue weighted by Crippen LogP contribution is 2.29. The van der Waals surface area contributed by atoms with E-state index in [1.54, 1.807) is 6.07 Å². The normalized spacial score (nSPS) is 10.2. The number of rotatable bonds is 1. The van der Waals surface area contributed by atoms with Crippen molar-refractivity contribution in [2.24, 2.45) is 0 Å². The van der Waals surface area contributed by atoms with Crippen LogP contribution in [0.4, 0.5) is 17.6 Å². The van der Waals surface area contributed by atoms with Gasteiger partial charge in [0.05, 0.1) is 5.56 Å². The highest BCUT2D eigenvalue weighted by molar-refractivity contribution is 5.71. The molecule has 2 rings (SSSR count). The summed E-state index contributed by atoms with van der Waals surface area (Å²) in [6.45, 7) is 0. The first-order valence-corrected chi connectivity index (χ1v) is 4.88. The maximum Gasteiger partial charge on any atom is 0.161 e. The van der Waals surface area contributed by atoms with Gasteiger partial charge in [0.15, 0.2) is 11.6 Å². The summed E-state index contributed by atoms with van der Waals surface area (Å²) >= 11 is 0. The molecule has 0 bridgehead atoms. The van der Waals surface area contributed by atoms with Crippen LogP contribution < -0.4 is 0 Å². The molecule has 0 saturated heterocycles. The molecule has 0 heterocycles. The smallest absolute Gasteiger partial charge is 0.161 e. The molecule has 0 aliphatic heterocycles. The number of benzene rings is 2. The van der Waals surface area contributed by atoms with Crippen molar-refractivity contribution in [1.29, 1.82) is 5.26 Å². The highest BCUT2D eigenvalue weighted by Gasteiger charge is 2.16. The van der Waals surface area contributed by atoms with Gasteiger partial charge < -0.3 is 0 Å². The van der Waals surface area contributed by atoms with Crippen LogP contribution >= 0.6 is 0 Å². The van der Waals surface area contributed by atoms with Crippen molar-refractivity contribution in [3.8, 4) is 17.2 Å². The fourth-order valence-electron chi connectivity index (χ4n) is 1.59. The molecule has 0 aliphatic rings. The molecule has 0 aliphatic carbocycles. The second-order valence-electron chi connectivity index (χ2n) is 3.52. The Morgan fingerprint density at radius 2 is 1.44 bits per heavy atom. The van der Waals surface area contributed by atoms with Crippen molar-refractivity contribution in [3.63, 3.8) is 0 Å². The fraction of sp³-hybridized carbons (Fsp3) is 0. The predicted octanol–water partition coefficient (Wildman–Crippen LogP) is 3.78. The van der Waals surface area contributed by atoms with E-state index in [-0.39, 0.29) is 11.1 Å². The van der Waals surface area contributed by atoms with E-state index in [4.69, 9.17) is 5.26 Å². The maximum absolute atomic E-state index is 13.5. The summed E-state index contributed by atoms with van der Waals surface area (Å²) in [6.07, 6.45) is 0. The number of nitrogens with zero attached hydrogens (tertiary/aromatic N) is 1. The lowest BCUT2D eigenvalue weighted by Gasteiger charge is -2.07. The third-order valence-electron chi connectivity index (χ3n) is 2.43. The number of halogens is 4. The van der Waals surface area contributed by atoms with Crippen molar-refractivity contribution in [3.05, 3.63) is 59.2 Å². The molecule has 0 N–H and O–H groups in total. The van der Waals surface area contributed by atoms with Gasteiger partial charge in [-0.15, -0.1) is 0 Å². The van der Waals surface area contributed by atoms with E-state index in [0.29, 0.717) is 12.1 Å². The van der Waals surface area contributed by atoms with Gasteiger partial charge in [0.2, 0.25) is 0 Å². The minimum Gasteiger partial charge on any atom is -0.206 e. The SMILES string of the molecule is N#Cc1c(F)cccc1-c1cc(F)c(F)cc1F. The molecule has 2 aromatic carbocycles. The molecular formula is C13H5F4N. The van der Waals surface area contributed by atoms with Crippen LogP contribution in [0, 0.1) is 34.6 Å². The Hall–Kier alpha value is -2.35. The lowest BCUT2D eigenvalue weighted by molar-refractivity contribution is 0.496. The van der Waals surface area contributed by atoms with Gasteiger partial charge in [-0.25, -0.2) is 17.6 Å². The van der Waals surface area contributed by atoms with E-state index in [1.165, 1.54) is 12.1 Å². The van der Waals surface area contributed by atoms with Gasteiger partial charge in [-0.2, -0.15) is 5.26 Å². The Labute approximate surface area is 99.9 Å². The summed E-state index contributed by atoms with van der Waals surface area (Å²) in [5.74, 6) is -4.51. The Kier molecular flexibility index (Phi) is 3.02. The molecule has 0 amide bonds. The Morgan fingerprint density at radius 1 is 0.778 bits per heavy atom. The summed E-state index contributed by atoms with van der Waals surface area (Å²) in [7, 11) is 0. The topological polar surface area (TPSA) is 23.8 Å². The van der Waals surface area contributed by atoms with E-state index in [2.05, 4.69) is 0 Å². The molecule has 18 heavy (non-hydrogen) atoms. The van der Waals surface area contributed by atoms with Gasteiger partial charge in [-0.3, -0.25) is 0 Å². The van der Waals surface area contributed by atoms with Crippen LogP contribution in [-0.4, -0.2) is 0 Å². The average Bonchev–Trinajstić information content (AvgIpc) is 2.33. The molecule has 2 aromatic rings. The lowest BCUT2D eigenvalue weighted by atomic mass is 9.99. The van der Waals surface area contributed by atoms with Crippen LogP contribution in [-0.2, 0) is 0 Å². The van der Waals surface area contributed by atoms with Crippen molar-refractivity contribution in [2.45, 2.75) is 0 Å². The Balaban J connectivity index is 2.74. The van der Waals surface area contributed by atoms with E-state index in [9.17, 15) is 17.6 Å². The number of hydrogen-bond donors (Lipinski definition) is 0. The number of hydrogen-bond acceptors (Lipinski definition) is 1. The first-order valence-electron chi connectivity index (χ1n) is 4.88. The van der Waals surface area contributed by atoms with E-state index < -0.39 is 28.8 Å². The molecule has 0 atom stereocenters. The summed E-state index contributed by atoms with van der Waals surface area (Å²) in [4.78, 5) is 0. The summed E-state index contributed by atoms with van der Waals surface area (Å²) in [5.41, 5.74) is -0.888. The first-order chi connectivity index (χ1) is 8.54. The minimum absolute atomic E-state index is 0.117. The molecule has 0 fully saturated rings. The fourth-order valence-corrected chi connectivity index (χ4v) is 1.59. The molecule has 0 saturated carbocycles. The molecule has 0 radical (unpaired) electrons. The molecular weight excluding hydrogens is 246 g/mol. The van der Waals surface area contributed by atoms with Gasteiger partial charge in [-0.05, 0) is 12.1 Å². The largest absolute Gasteiger partial charge is 0.206 e. The standard InChI is InChI=1S/C13H5F4N/c14-10-3-1-2-7(9(10)6-18)8-4-12(16)13(17)5-11(8)15/h1-5H. The molecule has 1 nitrogen and oxygen atoms in total. The maximum atomic E-state index is 13.5. The zero-order valence-electron chi connectivity index (χ0n) is 8.85. The lowest BCUT2D eigenvalue weighted by Crippen LogP contribution is -1.95. The van der Waals surface area contributed by atoms with Gasteiger partial charge in [-0.1, -0.05) is 12.1 Å². The van der Waals surface area contributed by atoms with Gasteiger partial charge in [0, 0.05) is 17.2 Å². The summed E-state index contributed by atoms with van der Waals surface area (Å²) in [6, 6.07) is 6.07. The van der Waals surface area contributed by atoms with Gasteiger partial charge in [0.1, 0.15) is 17.7 Å². The van der Waals surface area contributed by atoms with Crippen LogP contribution in [0.3, 0.4) is 0 Å². The third-order valence-corrected chi connectivity index (χ3v) is 2.43. The monoisotopic (exact) mass is 251 g/mol. The highest BCUT2D eigenvalue weighted by atomic mass is 19.2. The molecule has 5 heteroatoms. The van der Waals surface area contributed by atoms with Crippen molar-refractivity contribution in [2.75, 3.05) is 0 Å². The van der Waals surface area contributed by atoms with Gasteiger partial charge in [0.25, 0.3) is 0 Å². The second kappa shape index (κ2) is 4.49. The Morgan fingerprint density at radius 3 is 2.11 bits per heavy atom. The first kappa shape index (κ1) is 12.1. The van der Waals surface area contributed by atoms with E-state index in [0.717, 1.165) is 6.07 Å². The van der Waals surface area contributed by atoms with E-state index >= 15 is 0 Å². The van der Waals surface area contributed by atoms with E-state index in [1.807, 2.05) is 0 Å². The molecule has 0 spiro atoms. The summed E-state index contributed by atoms with van der Waals surface area (Å²) in [5, 5.41) is 8.80. The van der Waals surface area contributed by atoms with Crippen LogP contribution in [0.15, 0.2) is 30.3 Å². The molecule has 0 unspecified atom stereocenters. The Bertz CT molecular complexity index is 659. The minimum atomic E-state index is -1.34. The zero-order chi connectivity index (χ0) is 13.3. The van der Waals surface area contributed by atoms with Crippen LogP contribution in [0.5, 0.6) is 0 Å².